The van der Waals surface area contributed by atoms with E-state index in [0.717, 1.165) is 11.3 Å². The van der Waals surface area contributed by atoms with Crippen molar-refractivity contribution < 1.29 is 9.90 Å². The number of nitrogens with one attached hydrogen (secondary N) is 1. The van der Waals surface area contributed by atoms with E-state index in [1.165, 1.54) is 0 Å². The monoisotopic (exact) mass is 216 g/mol. The van der Waals surface area contributed by atoms with Crippen molar-refractivity contribution in [3.05, 3.63) is 42.4 Å². The number of rotatable bonds is 3. The molecule has 1 unspecified atom stereocenters. The second-order valence-corrected chi connectivity index (χ2v) is 3.61. The highest BCUT2D eigenvalue weighted by Crippen LogP contribution is 2.19. The fraction of sp³-hybridized carbons (Fsp3) is 0.167. The summed E-state index contributed by atoms with van der Waals surface area (Å²) in [5.74, 6) is -1.02. The van der Waals surface area contributed by atoms with E-state index in [4.69, 9.17) is 5.11 Å². The van der Waals surface area contributed by atoms with Gasteiger partial charge in [-0.1, -0.05) is 30.3 Å². The minimum absolute atomic E-state index is 0.478. The van der Waals surface area contributed by atoms with Crippen molar-refractivity contribution in [3.8, 4) is 11.3 Å². The van der Waals surface area contributed by atoms with E-state index in [1.807, 2.05) is 30.3 Å². The van der Waals surface area contributed by atoms with Crippen molar-refractivity contribution >= 4 is 5.97 Å². The van der Waals surface area contributed by atoms with E-state index in [2.05, 4.69) is 9.97 Å². The Morgan fingerprint density at radius 1 is 1.38 bits per heavy atom. The third-order valence-electron chi connectivity index (χ3n) is 2.46. The average molecular weight is 216 g/mol. The zero-order chi connectivity index (χ0) is 11.5. The van der Waals surface area contributed by atoms with Gasteiger partial charge in [0, 0.05) is 0 Å². The van der Waals surface area contributed by atoms with Crippen molar-refractivity contribution in [3.63, 3.8) is 0 Å². The van der Waals surface area contributed by atoms with Crippen molar-refractivity contribution in [2.75, 3.05) is 0 Å². The topological polar surface area (TPSA) is 66.0 Å². The summed E-state index contributed by atoms with van der Waals surface area (Å²) in [6.07, 6.45) is 1.66. The van der Waals surface area contributed by atoms with Gasteiger partial charge in [0.25, 0.3) is 0 Å². The molecular weight excluding hydrogens is 204 g/mol. The summed E-state index contributed by atoms with van der Waals surface area (Å²) in [6.45, 7) is 1.61. The van der Waals surface area contributed by atoms with Gasteiger partial charge < -0.3 is 10.1 Å². The van der Waals surface area contributed by atoms with E-state index in [-0.39, 0.29) is 0 Å². The Morgan fingerprint density at radius 2 is 2.06 bits per heavy atom. The molecule has 4 heteroatoms. The lowest BCUT2D eigenvalue weighted by Gasteiger charge is -2.01. The Kier molecular flexibility index (Phi) is 2.72. The van der Waals surface area contributed by atoms with Gasteiger partial charge in [-0.25, -0.2) is 4.98 Å². The lowest BCUT2D eigenvalue weighted by Crippen LogP contribution is -2.08. The summed E-state index contributed by atoms with van der Waals surface area (Å²) in [6, 6.07) is 9.68. The molecule has 0 fully saturated rings. The zero-order valence-corrected chi connectivity index (χ0v) is 8.84. The van der Waals surface area contributed by atoms with Gasteiger partial charge in [0.15, 0.2) is 0 Å². The molecule has 2 rings (SSSR count). The quantitative estimate of drug-likeness (QED) is 0.827. The van der Waals surface area contributed by atoms with Crippen LogP contribution in [0.4, 0.5) is 0 Å². The molecule has 16 heavy (non-hydrogen) atoms. The standard InChI is InChI=1S/C12H12N2O2/c1-8(12(15)16)11-13-7-10(14-11)9-5-3-2-4-6-9/h2-8H,1H3,(H,13,14)(H,15,16). The number of carboxylic acids is 1. The molecule has 0 bridgehead atoms. The number of aromatic nitrogens is 2. The van der Waals surface area contributed by atoms with Gasteiger partial charge in [0.1, 0.15) is 11.7 Å². The number of carboxylic acid groups (broad SMARTS) is 1. The summed E-state index contributed by atoms with van der Waals surface area (Å²) in [5.41, 5.74) is 1.84. The van der Waals surface area contributed by atoms with Gasteiger partial charge >= 0.3 is 5.97 Å². The van der Waals surface area contributed by atoms with Crippen molar-refractivity contribution in [1.29, 1.82) is 0 Å². The Morgan fingerprint density at radius 3 is 2.69 bits per heavy atom. The zero-order valence-electron chi connectivity index (χ0n) is 8.84. The first-order valence-electron chi connectivity index (χ1n) is 5.01. The molecule has 2 N–H and O–H groups in total. The van der Waals surface area contributed by atoms with Gasteiger partial charge in [-0.15, -0.1) is 0 Å². The minimum atomic E-state index is -0.881. The lowest BCUT2D eigenvalue weighted by molar-refractivity contribution is -0.138. The summed E-state index contributed by atoms with van der Waals surface area (Å²) in [4.78, 5) is 17.9. The molecule has 0 saturated heterocycles. The predicted molar refractivity (Wildman–Crippen MR) is 60.1 cm³/mol. The number of benzene rings is 1. The van der Waals surface area contributed by atoms with Gasteiger partial charge in [-0.2, -0.15) is 0 Å². The molecule has 0 aliphatic carbocycles. The van der Waals surface area contributed by atoms with E-state index in [1.54, 1.807) is 13.1 Å². The first-order valence-corrected chi connectivity index (χ1v) is 5.01. The Balaban J connectivity index is 2.30. The molecule has 0 radical (unpaired) electrons. The second kappa shape index (κ2) is 4.18. The number of H-pyrrole nitrogens is 1. The van der Waals surface area contributed by atoms with E-state index in [9.17, 15) is 4.79 Å². The maximum Gasteiger partial charge on any atom is 0.313 e. The Hall–Kier alpha value is -2.10. The van der Waals surface area contributed by atoms with Crippen LogP contribution in [0.15, 0.2) is 36.5 Å². The first kappa shape index (κ1) is 10.4. The highest BCUT2D eigenvalue weighted by molar-refractivity contribution is 5.74. The number of hydrogen-bond donors (Lipinski definition) is 2. The van der Waals surface area contributed by atoms with Crippen molar-refractivity contribution in [2.24, 2.45) is 0 Å². The molecule has 1 aromatic carbocycles. The average Bonchev–Trinajstić information content (AvgIpc) is 2.78. The molecule has 2 aromatic rings. The number of nitrogens with zero attached hydrogens (tertiary/aromatic N) is 1. The van der Waals surface area contributed by atoms with Crippen LogP contribution >= 0.6 is 0 Å². The first-order chi connectivity index (χ1) is 7.68. The van der Waals surface area contributed by atoms with Crippen LogP contribution in [0.25, 0.3) is 11.3 Å². The summed E-state index contributed by atoms with van der Waals surface area (Å²) < 4.78 is 0. The Bertz CT molecular complexity index is 491. The van der Waals surface area contributed by atoms with Gasteiger partial charge in [-0.05, 0) is 12.5 Å². The molecule has 0 aliphatic rings. The highest BCUT2D eigenvalue weighted by Gasteiger charge is 2.17. The van der Waals surface area contributed by atoms with E-state index < -0.39 is 11.9 Å². The summed E-state index contributed by atoms with van der Waals surface area (Å²) in [7, 11) is 0. The normalized spacial score (nSPS) is 12.3. The van der Waals surface area contributed by atoms with Crippen LogP contribution in [-0.2, 0) is 4.79 Å². The highest BCUT2D eigenvalue weighted by atomic mass is 16.4. The van der Waals surface area contributed by atoms with Crippen LogP contribution in [0.1, 0.15) is 18.7 Å². The molecule has 0 amide bonds. The SMILES string of the molecule is CC(C(=O)O)c1ncc(-c2ccccc2)[nH]1. The van der Waals surface area contributed by atoms with E-state index in [0.29, 0.717) is 5.82 Å². The maximum absolute atomic E-state index is 10.8. The molecular formula is C12H12N2O2. The van der Waals surface area contributed by atoms with Gasteiger partial charge in [0.2, 0.25) is 0 Å². The largest absolute Gasteiger partial charge is 0.481 e. The molecule has 1 heterocycles. The maximum atomic E-state index is 10.8. The number of aliphatic carboxylic acids is 1. The second-order valence-electron chi connectivity index (χ2n) is 3.61. The van der Waals surface area contributed by atoms with Crippen LogP contribution in [0.5, 0.6) is 0 Å². The van der Waals surface area contributed by atoms with Crippen molar-refractivity contribution in [2.45, 2.75) is 12.8 Å². The molecule has 0 spiro atoms. The predicted octanol–water partition coefficient (Wildman–Crippen LogP) is 2.26. The molecule has 0 saturated carbocycles. The number of imidazole rings is 1. The fourth-order valence-corrected chi connectivity index (χ4v) is 1.44. The van der Waals surface area contributed by atoms with Gasteiger partial charge in [0.05, 0.1) is 11.9 Å². The van der Waals surface area contributed by atoms with E-state index >= 15 is 0 Å². The summed E-state index contributed by atoms with van der Waals surface area (Å²) >= 11 is 0. The van der Waals surface area contributed by atoms with Crippen LogP contribution in [0, 0.1) is 0 Å². The third-order valence-corrected chi connectivity index (χ3v) is 2.46. The smallest absolute Gasteiger partial charge is 0.313 e. The van der Waals surface area contributed by atoms with Crippen molar-refractivity contribution in [1.82, 2.24) is 9.97 Å². The van der Waals surface area contributed by atoms with Crippen LogP contribution in [0.3, 0.4) is 0 Å². The molecule has 82 valence electrons. The summed E-state index contributed by atoms with van der Waals surface area (Å²) in [5, 5.41) is 8.86. The van der Waals surface area contributed by atoms with Crippen LogP contribution < -0.4 is 0 Å². The van der Waals surface area contributed by atoms with Gasteiger partial charge in [-0.3, -0.25) is 4.79 Å². The number of aromatic amines is 1. The fourth-order valence-electron chi connectivity index (χ4n) is 1.44. The number of hydrogen-bond acceptors (Lipinski definition) is 2. The molecule has 1 atom stereocenters. The minimum Gasteiger partial charge on any atom is -0.481 e. The Labute approximate surface area is 93.0 Å². The molecule has 0 aliphatic heterocycles. The third kappa shape index (κ3) is 1.95. The molecule has 4 nitrogen and oxygen atoms in total. The molecule has 1 aromatic heterocycles. The van der Waals surface area contributed by atoms with Crippen LogP contribution in [0.2, 0.25) is 0 Å². The lowest BCUT2D eigenvalue weighted by atomic mass is 10.1. The van der Waals surface area contributed by atoms with Crippen LogP contribution in [-0.4, -0.2) is 21.0 Å². The number of carbonyl (C=O) groups is 1.